The van der Waals surface area contributed by atoms with Crippen LogP contribution in [0.3, 0.4) is 0 Å². The van der Waals surface area contributed by atoms with Gasteiger partial charge in [-0.3, -0.25) is 9.59 Å². The fourth-order valence-electron chi connectivity index (χ4n) is 1.78. The minimum atomic E-state index is -0.176. The summed E-state index contributed by atoms with van der Waals surface area (Å²) >= 11 is 4.06. The van der Waals surface area contributed by atoms with Crippen LogP contribution in [0.15, 0.2) is 31.5 Å². The standard InChI is InChI=1S/C15H20N4O3S3/c1-3-6-16-12(20)8-23-14-18-19-15(25-14)24-9-13(21)17-10(2)11-5-4-7-22-11/h4-5,7,10H,3,6,8-9H2,1-2H3,(H,16,20)(H,17,21)/t10-/m1/s1. The number of aromatic nitrogens is 2. The summed E-state index contributed by atoms with van der Waals surface area (Å²) < 4.78 is 6.68. The third-order valence-electron chi connectivity index (χ3n) is 2.96. The molecule has 136 valence electrons. The summed E-state index contributed by atoms with van der Waals surface area (Å²) in [6.07, 6.45) is 2.49. The minimum Gasteiger partial charge on any atom is -0.467 e. The fourth-order valence-corrected chi connectivity index (χ4v) is 4.44. The molecule has 2 amide bonds. The van der Waals surface area contributed by atoms with Crippen LogP contribution in [0.1, 0.15) is 32.1 Å². The van der Waals surface area contributed by atoms with E-state index in [2.05, 4.69) is 20.8 Å². The molecule has 2 rings (SSSR count). The molecule has 2 N–H and O–H groups in total. The maximum Gasteiger partial charge on any atom is 0.231 e. The Balaban J connectivity index is 1.70. The molecule has 2 heterocycles. The SMILES string of the molecule is CCCNC(=O)CSc1nnc(SCC(=O)N[C@H](C)c2ccco2)s1. The summed E-state index contributed by atoms with van der Waals surface area (Å²) in [5.74, 6) is 1.18. The topological polar surface area (TPSA) is 97.1 Å². The van der Waals surface area contributed by atoms with Gasteiger partial charge in [0.25, 0.3) is 0 Å². The number of carbonyl (C=O) groups excluding carboxylic acids is 2. The molecule has 7 nitrogen and oxygen atoms in total. The van der Waals surface area contributed by atoms with Crippen LogP contribution in [0.25, 0.3) is 0 Å². The quantitative estimate of drug-likeness (QED) is 0.592. The van der Waals surface area contributed by atoms with Crippen molar-refractivity contribution < 1.29 is 14.0 Å². The van der Waals surface area contributed by atoms with E-state index in [1.54, 1.807) is 12.3 Å². The van der Waals surface area contributed by atoms with Crippen molar-refractivity contribution in [1.29, 1.82) is 0 Å². The fraction of sp³-hybridized carbons (Fsp3) is 0.467. The van der Waals surface area contributed by atoms with Crippen molar-refractivity contribution in [3.05, 3.63) is 24.2 Å². The third kappa shape index (κ3) is 7.09. The molecular formula is C15H20N4O3S3. The van der Waals surface area contributed by atoms with Crippen molar-refractivity contribution in [2.75, 3.05) is 18.1 Å². The van der Waals surface area contributed by atoms with Crippen molar-refractivity contribution in [3.63, 3.8) is 0 Å². The van der Waals surface area contributed by atoms with Crippen LogP contribution in [0.5, 0.6) is 0 Å². The first-order chi connectivity index (χ1) is 12.1. The molecule has 1 atom stereocenters. The molecule has 10 heteroatoms. The molecule has 0 fully saturated rings. The molecule has 0 bridgehead atoms. The lowest BCUT2D eigenvalue weighted by atomic mass is 10.2. The number of hydrogen-bond acceptors (Lipinski definition) is 8. The maximum absolute atomic E-state index is 12.0. The predicted octanol–water partition coefficient (Wildman–Crippen LogP) is 2.72. The van der Waals surface area contributed by atoms with Gasteiger partial charge in [0.2, 0.25) is 11.8 Å². The lowest BCUT2D eigenvalue weighted by Crippen LogP contribution is -2.27. The Labute approximate surface area is 158 Å². The average molecular weight is 401 g/mol. The lowest BCUT2D eigenvalue weighted by Gasteiger charge is -2.10. The molecule has 0 aliphatic rings. The van der Waals surface area contributed by atoms with E-state index < -0.39 is 0 Å². The highest BCUT2D eigenvalue weighted by atomic mass is 32.2. The van der Waals surface area contributed by atoms with Gasteiger partial charge < -0.3 is 15.1 Å². The summed E-state index contributed by atoms with van der Waals surface area (Å²) in [6, 6.07) is 3.43. The Kier molecular flexibility index (Phi) is 8.29. The van der Waals surface area contributed by atoms with Gasteiger partial charge in [0.1, 0.15) is 5.76 Å². The van der Waals surface area contributed by atoms with E-state index in [9.17, 15) is 9.59 Å². The number of rotatable bonds is 10. The van der Waals surface area contributed by atoms with Crippen molar-refractivity contribution in [3.8, 4) is 0 Å². The monoisotopic (exact) mass is 400 g/mol. The number of hydrogen-bond donors (Lipinski definition) is 2. The number of nitrogens with one attached hydrogen (secondary N) is 2. The van der Waals surface area contributed by atoms with Gasteiger partial charge in [-0.25, -0.2) is 0 Å². The van der Waals surface area contributed by atoms with Crippen molar-refractivity contribution in [2.24, 2.45) is 0 Å². The number of nitrogens with zero attached hydrogens (tertiary/aromatic N) is 2. The Morgan fingerprint density at radius 3 is 2.52 bits per heavy atom. The summed E-state index contributed by atoms with van der Waals surface area (Å²) in [7, 11) is 0. The number of carbonyl (C=O) groups is 2. The highest BCUT2D eigenvalue weighted by Crippen LogP contribution is 2.28. The second kappa shape index (κ2) is 10.5. The van der Waals surface area contributed by atoms with Crippen LogP contribution >= 0.6 is 34.9 Å². The number of furan rings is 1. The van der Waals surface area contributed by atoms with Gasteiger partial charge in [-0.15, -0.1) is 10.2 Å². The first-order valence-corrected chi connectivity index (χ1v) is 10.6. The Morgan fingerprint density at radius 2 is 1.92 bits per heavy atom. The Morgan fingerprint density at radius 1 is 1.24 bits per heavy atom. The van der Waals surface area contributed by atoms with E-state index in [0.717, 1.165) is 10.8 Å². The van der Waals surface area contributed by atoms with Gasteiger partial charge in [-0.2, -0.15) is 0 Å². The summed E-state index contributed by atoms with van der Waals surface area (Å²) in [6.45, 7) is 4.56. The molecule has 0 saturated carbocycles. The molecule has 0 aromatic carbocycles. The zero-order valence-corrected chi connectivity index (χ0v) is 16.4. The van der Waals surface area contributed by atoms with E-state index in [0.29, 0.717) is 22.4 Å². The zero-order chi connectivity index (χ0) is 18.1. The van der Waals surface area contributed by atoms with Crippen molar-refractivity contribution in [2.45, 2.75) is 35.0 Å². The minimum absolute atomic E-state index is 0.0115. The summed E-state index contributed by atoms with van der Waals surface area (Å²) in [5.41, 5.74) is 0. The molecule has 2 aromatic rings. The third-order valence-corrected chi connectivity index (χ3v) is 6.15. The first-order valence-electron chi connectivity index (χ1n) is 7.77. The molecule has 0 saturated heterocycles. The van der Waals surface area contributed by atoms with Gasteiger partial charge >= 0.3 is 0 Å². The number of amides is 2. The molecular weight excluding hydrogens is 380 g/mol. The normalized spacial score (nSPS) is 11.9. The Hall–Kier alpha value is -1.52. The predicted molar refractivity (Wildman–Crippen MR) is 99.9 cm³/mol. The Bertz CT molecular complexity index is 675. The van der Waals surface area contributed by atoms with Crippen LogP contribution in [-0.2, 0) is 9.59 Å². The van der Waals surface area contributed by atoms with Gasteiger partial charge in [-0.1, -0.05) is 41.8 Å². The van der Waals surface area contributed by atoms with Gasteiger partial charge in [-0.05, 0) is 25.5 Å². The molecule has 0 spiro atoms. The first kappa shape index (κ1) is 19.8. The lowest BCUT2D eigenvalue weighted by molar-refractivity contribution is -0.119. The molecule has 0 unspecified atom stereocenters. The van der Waals surface area contributed by atoms with Gasteiger partial charge in [0.15, 0.2) is 8.68 Å². The highest BCUT2D eigenvalue weighted by Gasteiger charge is 2.14. The largest absolute Gasteiger partial charge is 0.467 e. The van der Waals surface area contributed by atoms with Crippen molar-refractivity contribution in [1.82, 2.24) is 20.8 Å². The average Bonchev–Trinajstić information content (AvgIpc) is 3.27. The molecule has 0 aliphatic carbocycles. The summed E-state index contributed by atoms with van der Waals surface area (Å²) in [5, 5.41) is 13.7. The van der Waals surface area contributed by atoms with Crippen molar-refractivity contribution >= 4 is 46.7 Å². The second-order valence-corrected chi connectivity index (χ2v) is 8.49. The van der Waals surface area contributed by atoms with E-state index in [1.165, 1.54) is 34.9 Å². The molecule has 25 heavy (non-hydrogen) atoms. The van der Waals surface area contributed by atoms with Crippen LogP contribution in [0, 0.1) is 0 Å². The highest BCUT2D eigenvalue weighted by molar-refractivity contribution is 8.03. The molecule has 0 radical (unpaired) electrons. The number of thioether (sulfide) groups is 2. The zero-order valence-electron chi connectivity index (χ0n) is 14.0. The van der Waals surface area contributed by atoms with Crippen LogP contribution in [0.4, 0.5) is 0 Å². The van der Waals surface area contributed by atoms with E-state index in [1.807, 2.05) is 19.9 Å². The van der Waals surface area contributed by atoms with Crippen LogP contribution < -0.4 is 10.6 Å². The molecule has 0 aliphatic heterocycles. The van der Waals surface area contributed by atoms with Gasteiger partial charge in [0.05, 0.1) is 23.8 Å². The molecule has 2 aromatic heterocycles. The van der Waals surface area contributed by atoms with Gasteiger partial charge in [0, 0.05) is 6.54 Å². The second-order valence-electron chi connectivity index (χ2n) is 5.07. The summed E-state index contributed by atoms with van der Waals surface area (Å²) in [4.78, 5) is 23.5. The van der Waals surface area contributed by atoms with E-state index in [-0.39, 0.29) is 23.6 Å². The maximum atomic E-state index is 12.0. The van der Waals surface area contributed by atoms with E-state index >= 15 is 0 Å². The smallest absolute Gasteiger partial charge is 0.231 e. The van der Waals surface area contributed by atoms with Crippen LogP contribution in [0.2, 0.25) is 0 Å². The van der Waals surface area contributed by atoms with Crippen LogP contribution in [-0.4, -0.2) is 40.1 Å². The van der Waals surface area contributed by atoms with E-state index in [4.69, 9.17) is 4.42 Å².